The molecule has 0 aliphatic carbocycles. The first-order valence-corrected chi connectivity index (χ1v) is 5.54. The molecule has 0 fully saturated rings. The zero-order valence-corrected chi connectivity index (χ0v) is 9.77. The molecule has 0 unspecified atom stereocenters. The Kier molecular flexibility index (Phi) is 4.83. The SMILES string of the molecule is CC(C)c1cccc(OCCCC(=O)O)c1. The highest BCUT2D eigenvalue weighted by molar-refractivity contribution is 5.66. The van der Waals surface area contributed by atoms with Crippen molar-refractivity contribution in [3.63, 3.8) is 0 Å². The van der Waals surface area contributed by atoms with Gasteiger partial charge in [0.15, 0.2) is 0 Å². The predicted molar refractivity (Wildman–Crippen MR) is 62.9 cm³/mol. The van der Waals surface area contributed by atoms with Crippen LogP contribution >= 0.6 is 0 Å². The fraction of sp³-hybridized carbons (Fsp3) is 0.462. The highest BCUT2D eigenvalue weighted by Gasteiger charge is 2.01. The van der Waals surface area contributed by atoms with Gasteiger partial charge in [0.1, 0.15) is 5.75 Å². The van der Waals surface area contributed by atoms with Crippen LogP contribution in [0.5, 0.6) is 5.75 Å². The number of ether oxygens (including phenoxy) is 1. The molecule has 0 radical (unpaired) electrons. The highest BCUT2D eigenvalue weighted by Crippen LogP contribution is 2.20. The van der Waals surface area contributed by atoms with Gasteiger partial charge in [0.25, 0.3) is 0 Å². The maximum absolute atomic E-state index is 10.3. The zero-order chi connectivity index (χ0) is 12.0. The van der Waals surface area contributed by atoms with Gasteiger partial charge in [-0.3, -0.25) is 4.79 Å². The van der Waals surface area contributed by atoms with Crippen molar-refractivity contribution in [2.75, 3.05) is 6.61 Å². The Balaban J connectivity index is 2.42. The Morgan fingerprint density at radius 1 is 1.44 bits per heavy atom. The number of rotatable bonds is 6. The second-order valence-electron chi connectivity index (χ2n) is 4.07. The van der Waals surface area contributed by atoms with E-state index in [2.05, 4.69) is 19.9 Å². The molecule has 1 N–H and O–H groups in total. The predicted octanol–water partition coefficient (Wildman–Crippen LogP) is 3.05. The summed E-state index contributed by atoms with van der Waals surface area (Å²) in [4.78, 5) is 10.3. The van der Waals surface area contributed by atoms with E-state index in [1.807, 2.05) is 18.2 Å². The molecule has 0 saturated heterocycles. The third-order valence-corrected chi connectivity index (χ3v) is 2.33. The molecule has 0 saturated carbocycles. The van der Waals surface area contributed by atoms with Gasteiger partial charge in [0.05, 0.1) is 6.61 Å². The topological polar surface area (TPSA) is 46.5 Å². The molecular formula is C13H18O3. The minimum Gasteiger partial charge on any atom is -0.494 e. The lowest BCUT2D eigenvalue weighted by atomic mass is 10.0. The summed E-state index contributed by atoms with van der Waals surface area (Å²) in [7, 11) is 0. The van der Waals surface area contributed by atoms with Gasteiger partial charge in [-0.2, -0.15) is 0 Å². The summed E-state index contributed by atoms with van der Waals surface area (Å²) >= 11 is 0. The summed E-state index contributed by atoms with van der Waals surface area (Å²) in [6.07, 6.45) is 0.700. The molecule has 88 valence electrons. The van der Waals surface area contributed by atoms with Crippen molar-refractivity contribution >= 4 is 5.97 Å². The minimum atomic E-state index is -0.778. The molecule has 1 aromatic rings. The summed E-state index contributed by atoms with van der Waals surface area (Å²) in [6.45, 7) is 4.71. The lowest BCUT2D eigenvalue weighted by Crippen LogP contribution is -2.02. The van der Waals surface area contributed by atoms with Crippen molar-refractivity contribution in [3.8, 4) is 5.75 Å². The minimum absolute atomic E-state index is 0.157. The van der Waals surface area contributed by atoms with Gasteiger partial charge >= 0.3 is 5.97 Å². The van der Waals surface area contributed by atoms with Crippen LogP contribution in [0.25, 0.3) is 0 Å². The average Bonchev–Trinajstić information content (AvgIpc) is 2.24. The smallest absolute Gasteiger partial charge is 0.303 e. The van der Waals surface area contributed by atoms with Crippen LogP contribution in [0.15, 0.2) is 24.3 Å². The van der Waals surface area contributed by atoms with E-state index in [0.717, 1.165) is 5.75 Å². The van der Waals surface area contributed by atoms with E-state index in [1.165, 1.54) is 5.56 Å². The van der Waals surface area contributed by atoms with Crippen LogP contribution in [0.3, 0.4) is 0 Å². The fourth-order valence-corrected chi connectivity index (χ4v) is 1.38. The maximum atomic E-state index is 10.3. The van der Waals surface area contributed by atoms with Crippen molar-refractivity contribution in [1.29, 1.82) is 0 Å². The van der Waals surface area contributed by atoms with Gasteiger partial charge in [0, 0.05) is 6.42 Å². The van der Waals surface area contributed by atoms with Crippen molar-refractivity contribution in [2.45, 2.75) is 32.6 Å². The summed E-state index contributed by atoms with van der Waals surface area (Å²) in [6, 6.07) is 7.93. The molecule has 16 heavy (non-hydrogen) atoms. The van der Waals surface area contributed by atoms with Gasteiger partial charge in [-0.25, -0.2) is 0 Å². The monoisotopic (exact) mass is 222 g/mol. The maximum Gasteiger partial charge on any atom is 0.303 e. The van der Waals surface area contributed by atoms with Crippen molar-refractivity contribution < 1.29 is 14.6 Å². The molecule has 0 amide bonds. The molecule has 1 rings (SSSR count). The molecule has 0 aliphatic heterocycles. The van der Waals surface area contributed by atoms with E-state index in [-0.39, 0.29) is 6.42 Å². The first kappa shape index (κ1) is 12.6. The van der Waals surface area contributed by atoms with Crippen molar-refractivity contribution in [2.24, 2.45) is 0 Å². The molecule has 1 aromatic carbocycles. The van der Waals surface area contributed by atoms with Crippen LogP contribution in [0.2, 0.25) is 0 Å². The third kappa shape index (κ3) is 4.34. The zero-order valence-electron chi connectivity index (χ0n) is 9.77. The quantitative estimate of drug-likeness (QED) is 0.752. The van der Waals surface area contributed by atoms with E-state index in [0.29, 0.717) is 18.9 Å². The molecule has 0 aromatic heterocycles. The second kappa shape index (κ2) is 6.16. The van der Waals surface area contributed by atoms with Gasteiger partial charge in [-0.15, -0.1) is 0 Å². The normalized spacial score (nSPS) is 10.4. The number of carboxylic acids is 1. The second-order valence-corrected chi connectivity index (χ2v) is 4.07. The Morgan fingerprint density at radius 2 is 2.19 bits per heavy atom. The van der Waals surface area contributed by atoms with Crippen LogP contribution in [-0.2, 0) is 4.79 Å². The largest absolute Gasteiger partial charge is 0.494 e. The number of carboxylic acid groups (broad SMARTS) is 1. The molecule has 0 atom stereocenters. The molecule has 0 aliphatic rings. The Bertz CT molecular complexity index is 345. The van der Waals surface area contributed by atoms with Gasteiger partial charge in [-0.05, 0) is 30.0 Å². The van der Waals surface area contributed by atoms with Gasteiger partial charge < -0.3 is 9.84 Å². The van der Waals surface area contributed by atoms with Crippen LogP contribution in [-0.4, -0.2) is 17.7 Å². The van der Waals surface area contributed by atoms with Crippen molar-refractivity contribution in [1.82, 2.24) is 0 Å². The molecule has 3 nitrogen and oxygen atoms in total. The van der Waals surface area contributed by atoms with Crippen molar-refractivity contribution in [3.05, 3.63) is 29.8 Å². The van der Waals surface area contributed by atoms with Gasteiger partial charge in [-0.1, -0.05) is 26.0 Å². The fourth-order valence-electron chi connectivity index (χ4n) is 1.38. The van der Waals surface area contributed by atoms with E-state index in [4.69, 9.17) is 9.84 Å². The van der Waals surface area contributed by atoms with Crippen LogP contribution in [0, 0.1) is 0 Å². The molecule has 0 heterocycles. The Morgan fingerprint density at radius 3 is 2.81 bits per heavy atom. The lowest BCUT2D eigenvalue weighted by Gasteiger charge is -2.09. The number of aliphatic carboxylic acids is 1. The van der Waals surface area contributed by atoms with Crippen LogP contribution < -0.4 is 4.74 Å². The number of hydrogen-bond donors (Lipinski definition) is 1. The summed E-state index contributed by atoms with van der Waals surface area (Å²) in [5.41, 5.74) is 1.23. The van der Waals surface area contributed by atoms with E-state index in [1.54, 1.807) is 0 Å². The Labute approximate surface area is 96.1 Å². The van der Waals surface area contributed by atoms with Gasteiger partial charge in [0.2, 0.25) is 0 Å². The number of carbonyl (C=O) groups is 1. The Hall–Kier alpha value is -1.51. The molecule has 3 heteroatoms. The molecule has 0 bridgehead atoms. The highest BCUT2D eigenvalue weighted by atomic mass is 16.5. The molecule has 0 spiro atoms. The first-order valence-electron chi connectivity index (χ1n) is 5.54. The standard InChI is InChI=1S/C13H18O3/c1-10(2)11-5-3-6-12(9-11)16-8-4-7-13(14)15/h3,5-6,9-10H,4,7-8H2,1-2H3,(H,14,15). The first-order chi connectivity index (χ1) is 7.59. The van der Waals surface area contributed by atoms with Crippen LogP contribution in [0.4, 0.5) is 0 Å². The number of hydrogen-bond acceptors (Lipinski definition) is 2. The summed E-state index contributed by atoms with van der Waals surface area (Å²) in [5.74, 6) is 0.513. The van der Waals surface area contributed by atoms with E-state index in [9.17, 15) is 4.79 Å². The van der Waals surface area contributed by atoms with E-state index < -0.39 is 5.97 Å². The average molecular weight is 222 g/mol. The molecular weight excluding hydrogens is 204 g/mol. The lowest BCUT2D eigenvalue weighted by molar-refractivity contribution is -0.137. The van der Waals surface area contributed by atoms with E-state index >= 15 is 0 Å². The summed E-state index contributed by atoms with van der Waals surface area (Å²) < 4.78 is 5.48. The summed E-state index contributed by atoms with van der Waals surface area (Å²) in [5, 5.41) is 8.47. The number of benzene rings is 1. The van der Waals surface area contributed by atoms with Crippen LogP contribution in [0.1, 0.15) is 38.2 Å². The third-order valence-electron chi connectivity index (χ3n) is 2.33.